The average molecular weight is 412 g/mol. The molecule has 150 valence electrons. The zero-order chi connectivity index (χ0) is 21.0. The first-order chi connectivity index (χ1) is 13.8. The number of aryl methyl sites for hydroxylation is 1. The fourth-order valence-corrected chi connectivity index (χ4v) is 3.13. The molecule has 0 radical (unpaired) electrons. The number of hydrogen-bond donors (Lipinski definition) is 2. The van der Waals surface area contributed by atoms with E-state index in [-0.39, 0.29) is 16.2 Å². The lowest BCUT2D eigenvalue weighted by molar-refractivity contribution is 0.102. The number of rotatable bonds is 6. The standard InChI is InChI=1S/C21H20N2O5S/c1-14-3-7-16(8-4-14)28-17-9-5-15(6-10-17)23-21(24)19-13-18(29(22,25)26)11-12-20(19)27-2/h3-13H,1-2H3,(H,23,24)(H2,22,25,26). The van der Waals surface area contributed by atoms with E-state index in [1.165, 1.54) is 25.3 Å². The Hall–Kier alpha value is -3.36. The van der Waals surface area contributed by atoms with Crippen LogP contribution in [0, 0.1) is 6.92 Å². The van der Waals surface area contributed by atoms with Crippen molar-refractivity contribution in [2.75, 3.05) is 12.4 Å². The van der Waals surface area contributed by atoms with E-state index in [0.717, 1.165) is 5.56 Å². The average Bonchev–Trinajstić information content (AvgIpc) is 2.70. The molecule has 3 N–H and O–H groups in total. The van der Waals surface area contributed by atoms with Crippen molar-refractivity contribution in [2.45, 2.75) is 11.8 Å². The van der Waals surface area contributed by atoms with Gasteiger partial charge in [-0.15, -0.1) is 0 Å². The van der Waals surface area contributed by atoms with E-state index in [9.17, 15) is 13.2 Å². The van der Waals surface area contributed by atoms with Gasteiger partial charge in [-0.05, 0) is 61.5 Å². The number of methoxy groups -OCH3 is 1. The Morgan fingerprint density at radius 3 is 2.07 bits per heavy atom. The Bertz CT molecular complexity index is 1120. The molecule has 0 spiro atoms. The lowest BCUT2D eigenvalue weighted by Crippen LogP contribution is -2.16. The van der Waals surface area contributed by atoms with Gasteiger partial charge >= 0.3 is 0 Å². The molecule has 0 unspecified atom stereocenters. The van der Waals surface area contributed by atoms with Gasteiger partial charge in [-0.25, -0.2) is 13.6 Å². The van der Waals surface area contributed by atoms with Crippen molar-refractivity contribution in [3.8, 4) is 17.2 Å². The normalized spacial score (nSPS) is 11.0. The summed E-state index contributed by atoms with van der Waals surface area (Å²) < 4.78 is 34.0. The second-order valence-electron chi connectivity index (χ2n) is 6.30. The van der Waals surface area contributed by atoms with Crippen molar-refractivity contribution in [1.82, 2.24) is 0 Å². The molecule has 3 aromatic rings. The Kier molecular flexibility index (Phi) is 5.86. The van der Waals surface area contributed by atoms with Crippen molar-refractivity contribution >= 4 is 21.6 Å². The molecule has 3 aromatic carbocycles. The van der Waals surface area contributed by atoms with Crippen LogP contribution in [-0.4, -0.2) is 21.4 Å². The lowest BCUT2D eigenvalue weighted by atomic mass is 10.2. The molecule has 0 aromatic heterocycles. The number of nitrogens with two attached hydrogens (primary N) is 1. The van der Waals surface area contributed by atoms with Crippen LogP contribution in [0.5, 0.6) is 17.2 Å². The van der Waals surface area contributed by atoms with Gasteiger partial charge in [0.2, 0.25) is 10.0 Å². The van der Waals surface area contributed by atoms with E-state index in [0.29, 0.717) is 17.2 Å². The van der Waals surface area contributed by atoms with E-state index in [1.54, 1.807) is 24.3 Å². The summed E-state index contributed by atoms with van der Waals surface area (Å²) in [6.45, 7) is 1.99. The quantitative estimate of drug-likeness (QED) is 0.642. The summed E-state index contributed by atoms with van der Waals surface area (Å²) in [5, 5.41) is 7.84. The maximum atomic E-state index is 12.6. The summed E-state index contributed by atoms with van der Waals surface area (Å²) in [7, 11) is -2.56. The molecule has 0 heterocycles. The number of carbonyl (C=O) groups is 1. The number of benzene rings is 3. The van der Waals surface area contributed by atoms with Crippen LogP contribution >= 0.6 is 0 Å². The number of amides is 1. The molecule has 8 heteroatoms. The Morgan fingerprint density at radius 1 is 0.931 bits per heavy atom. The highest BCUT2D eigenvalue weighted by Gasteiger charge is 2.17. The summed E-state index contributed by atoms with van der Waals surface area (Å²) in [5.74, 6) is 1.02. The third kappa shape index (κ3) is 5.13. The van der Waals surface area contributed by atoms with Crippen molar-refractivity contribution in [1.29, 1.82) is 0 Å². The van der Waals surface area contributed by atoms with Gasteiger partial charge < -0.3 is 14.8 Å². The highest BCUT2D eigenvalue weighted by Crippen LogP contribution is 2.25. The molecular weight excluding hydrogens is 392 g/mol. The predicted molar refractivity (Wildman–Crippen MR) is 110 cm³/mol. The Morgan fingerprint density at radius 2 is 1.52 bits per heavy atom. The number of carbonyl (C=O) groups excluding carboxylic acids is 1. The number of ether oxygens (including phenoxy) is 2. The fourth-order valence-electron chi connectivity index (χ4n) is 2.59. The lowest BCUT2D eigenvalue weighted by Gasteiger charge is -2.11. The first kappa shape index (κ1) is 20.4. The zero-order valence-corrected chi connectivity index (χ0v) is 16.7. The maximum absolute atomic E-state index is 12.6. The minimum absolute atomic E-state index is 0.0546. The summed E-state index contributed by atoms with van der Waals surface area (Å²) in [6, 6.07) is 18.3. The van der Waals surface area contributed by atoms with Gasteiger partial charge in [-0.2, -0.15) is 0 Å². The molecule has 0 fully saturated rings. The number of anilines is 1. The molecule has 0 aliphatic heterocycles. The Labute approximate surface area is 169 Å². The molecule has 0 aliphatic carbocycles. The largest absolute Gasteiger partial charge is 0.496 e. The highest BCUT2D eigenvalue weighted by molar-refractivity contribution is 7.89. The fraction of sp³-hybridized carbons (Fsp3) is 0.0952. The number of sulfonamides is 1. The molecule has 0 saturated carbocycles. The molecule has 3 rings (SSSR count). The van der Waals surface area contributed by atoms with E-state index in [1.807, 2.05) is 31.2 Å². The smallest absolute Gasteiger partial charge is 0.259 e. The summed E-state index contributed by atoms with van der Waals surface area (Å²) in [4.78, 5) is 12.4. The highest BCUT2D eigenvalue weighted by atomic mass is 32.2. The summed E-state index contributed by atoms with van der Waals surface area (Å²) >= 11 is 0. The third-order valence-corrected chi connectivity index (χ3v) is 5.02. The van der Waals surface area contributed by atoms with Crippen molar-refractivity contribution in [3.05, 3.63) is 77.9 Å². The predicted octanol–water partition coefficient (Wildman–Crippen LogP) is 3.70. The van der Waals surface area contributed by atoms with Gasteiger partial charge in [0.05, 0.1) is 17.6 Å². The molecule has 0 atom stereocenters. The Balaban J connectivity index is 1.76. The van der Waals surface area contributed by atoms with Crippen LogP contribution in [0.4, 0.5) is 5.69 Å². The van der Waals surface area contributed by atoms with Crippen molar-refractivity contribution in [2.24, 2.45) is 5.14 Å². The van der Waals surface area contributed by atoms with Crippen LogP contribution in [0.15, 0.2) is 71.6 Å². The van der Waals surface area contributed by atoms with Gasteiger partial charge in [0, 0.05) is 5.69 Å². The molecule has 29 heavy (non-hydrogen) atoms. The van der Waals surface area contributed by atoms with Crippen LogP contribution in [0.25, 0.3) is 0 Å². The van der Waals surface area contributed by atoms with Gasteiger partial charge in [0.15, 0.2) is 0 Å². The third-order valence-electron chi connectivity index (χ3n) is 4.11. The first-order valence-corrected chi connectivity index (χ1v) is 10.2. The molecule has 0 saturated heterocycles. The monoisotopic (exact) mass is 412 g/mol. The van der Waals surface area contributed by atoms with E-state index in [4.69, 9.17) is 14.6 Å². The maximum Gasteiger partial charge on any atom is 0.259 e. The second-order valence-corrected chi connectivity index (χ2v) is 7.86. The van der Waals surface area contributed by atoms with Crippen molar-refractivity contribution in [3.63, 3.8) is 0 Å². The van der Waals surface area contributed by atoms with Gasteiger partial charge in [0.25, 0.3) is 5.91 Å². The van der Waals surface area contributed by atoms with Gasteiger partial charge in [0.1, 0.15) is 17.2 Å². The van der Waals surface area contributed by atoms with Gasteiger partial charge in [-0.3, -0.25) is 4.79 Å². The van der Waals surface area contributed by atoms with Crippen LogP contribution in [0.3, 0.4) is 0 Å². The van der Waals surface area contributed by atoms with Crippen molar-refractivity contribution < 1.29 is 22.7 Å². The first-order valence-electron chi connectivity index (χ1n) is 8.63. The molecular formula is C21H20N2O5S. The number of hydrogen-bond acceptors (Lipinski definition) is 5. The second kappa shape index (κ2) is 8.34. The topological polar surface area (TPSA) is 108 Å². The van der Waals surface area contributed by atoms with Gasteiger partial charge in [-0.1, -0.05) is 17.7 Å². The SMILES string of the molecule is COc1ccc(S(N)(=O)=O)cc1C(=O)Nc1ccc(Oc2ccc(C)cc2)cc1. The van der Waals surface area contributed by atoms with E-state index >= 15 is 0 Å². The van der Waals surface area contributed by atoms with Crippen LogP contribution < -0.4 is 19.9 Å². The number of primary sulfonamides is 1. The minimum atomic E-state index is -3.95. The van der Waals surface area contributed by atoms with Crippen LogP contribution in [0.2, 0.25) is 0 Å². The minimum Gasteiger partial charge on any atom is -0.496 e. The zero-order valence-electron chi connectivity index (χ0n) is 15.9. The van der Waals surface area contributed by atoms with E-state index < -0.39 is 15.9 Å². The summed E-state index contributed by atoms with van der Waals surface area (Å²) in [6.07, 6.45) is 0. The molecule has 7 nitrogen and oxygen atoms in total. The molecule has 0 bridgehead atoms. The van der Waals surface area contributed by atoms with Crippen LogP contribution in [0.1, 0.15) is 15.9 Å². The summed E-state index contributed by atoms with van der Waals surface area (Å²) in [5.41, 5.74) is 1.70. The number of nitrogens with one attached hydrogen (secondary N) is 1. The van der Waals surface area contributed by atoms with E-state index in [2.05, 4.69) is 5.32 Å². The molecule has 1 amide bonds. The van der Waals surface area contributed by atoms with Crippen LogP contribution in [-0.2, 0) is 10.0 Å². The molecule has 0 aliphatic rings.